The second-order valence-corrected chi connectivity index (χ2v) is 3.55. The number of ether oxygens (including phenoxy) is 3. The Morgan fingerprint density at radius 3 is 2.33 bits per heavy atom. The summed E-state index contributed by atoms with van der Waals surface area (Å²) < 4.78 is 14.9. The van der Waals surface area contributed by atoms with E-state index in [1.165, 1.54) is 20.3 Å². The van der Waals surface area contributed by atoms with Gasteiger partial charge in [0.25, 0.3) is 5.78 Å². The fourth-order valence-corrected chi connectivity index (χ4v) is 1.53. The molecule has 98 valence electrons. The number of rotatable bonds is 5. The molecular weight excluding hydrogens is 236 g/mol. The van der Waals surface area contributed by atoms with Gasteiger partial charge in [0.05, 0.1) is 20.8 Å². The number of hydrogen-bond donors (Lipinski definition) is 0. The first-order valence-electron chi connectivity index (χ1n) is 5.49. The molecule has 18 heavy (non-hydrogen) atoms. The highest BCUT2D eigenvalue weighted by molar-refractivity contribution is 6.41. The zero-order chi connectivity index (χ0) is 13.7. The molecule has 0 amide bonds. The van der Waals surface area contributed by atoms with Gasteiger partial charge < -0.3 is 14.2 Å². The maximum Gasteiger partial charge on any atom is 0.379 e. The van der Waals surface area contributed by atoms with Crippen molar-refractivity contribution in [3.8, 4) is 11.5 Å². The van der Waals surface area contributed by atoms with Gasteiger partial charge in [-0.05, 0) is 19.9 Å². The smallest absolute Gasteiger partial charge is 0.379 e. The van der Waals surface area contributed by atoms with E-state index in [0.29, 0.717) is 17.1 Å². The van der Waals surface area contributed by atoms with E-state index in [1.807, 2.05) is 0 Å². The van der Waals surface area contributed by atoms with Crippen molar-refractivity contribution in [3.63, 3.8) is 0 Å². The largest absolute Gasteiger partial charge is 0.497 e. The van der Waals surface area contributed by atoms with Gasteiger partial charge in [-0.25, -0.2) is 4.79 Å². The Kier molecular flexibility index (Phi) is 4.71. The monoisotopic (exact) mass is 252 g/mol. The van der Waals surface area contributed by atoms with Crippen LogP contribution in [0.2, 0.25) is 0 Å². The maximum atomic E-state index is 11.9. The predicted octanol–water partition coefficient (Wildman–Crippen LogP) is 1.76. The Morgan fingerprint density at radius 2 is 1.83 bits per heavy atom. The summed E-state index contributed by atoms with van der Waals surface area (Å²) in [5.41, 5.74) is 0.806. The molecule has 0 spiro atoms. The minimum absolute atomic E-state index is 0.157. The van der Waals surface area contributed by atoms with Crippen LogP contribution in [0, 0.1) is 6.92 Å². The van der Waals surface area contributed by atoms with Crippen molar-refractivity contribution in [2.24, 2.45) is 0 Å². The highest BCUT2D eigenvalue weighted by atomic mass is 16.5. The van der Waals surface area contributed by atoms with E-state index in [0.717, 1.165) is 0 Å². The van der Waals surface area contributed by atoms with Crippen LogP contribution in [0.25, 0.3) is 0 Å². The molecule has 0 aliphatic rings. The second-order valence-electron chi connectivity index (χ2n) is 3.55. The SMILES string of the molecule is CCOC(=O)C(=O)c1cc(OC)cc(OC)c1C. The summed E-state index contributed by atoms with van der Waals surface area (Å²) in [5.74, 6) is -0.644. The maximum absolute atomic E-state index is 11.9. The van der Waals surface area contributed by atoms with Crippen molar-refractivity contribution in [2.45, 2.75) is 13.8 Å². The molecule has 0 unspecified atom stereocenters. The molecule has 1 aromatic rings. The molecule has 0 aliphatic carbocycles. The number of carbonyl (C=O) groups is 2. The van der Waals surface area contributed by atoms with Gasteiger partial charge >= 0.3 is 5.97 Å². The lowest BCUT2D eigenvalue weighted by Crippen LogP contribution is -2.18. The van der Waals surface area contributed by atoms with Crippen LogP contribution in [-0.4, -0.2) is 32.6 Å². The molecule has 0 radical (unpaired) electrons. The van der Waals surface area contributed by atoms with E-state index in [9.17, 15) is 9.59 Å². The first-order chi connectivity index (χ1) is 8.54. The molecule has 0 heterocycles. The summed E-state index contributed by atoms with van der Waals surface area (Å²) in [7, 11) is 2.96. The Hall–Kier alpha value is -2.04. The van der Waals surface area contributed by atoms with Crippen LogP contribution in [0.4, 0.5) is 0 Å². The molecule has 0 bridgehead atoms. The first kappa shape index (κ1) is 14.0. The average Bonchev–Trinajstić information content (AvgIpc) is 2.38. The number of esters is 1. The molecular formula is C13H16O5. The van der Waals surface area contributed by atoms with Gasteiger partial charge in [-0.1, -0.05) is 0 Å². The lowest BCUT2D eigenvalue weighted by atomic mass is 10.0. The second kappa shape index (κ2) is 6.05. The van der Waals surface area contributed by atoms with E-state index in [1.54, 1.807) is 19.9 Å². The first-order valence-corrected chi connectivity index (χ1v) is 5.49. The lowest BCUT2D eigenvalue weighted by Gasteiger charge is -2.11. The number of carbonyl (C=O) groups excluding carboxylic acids is 2. The molecule has 0 saturated carbocycles. The zero-order valence-electron chi connectivity index (χ0n) is 10.9. The van der Waals surface area contributed by atoms with Crippen LogP contribution in [0.3, 0.4) is 0 Å². The van der Waals surface area contributed by atoms with Crippen molar-refractivity contribution in [1.29, 1.82) is 0 Å². The van der Waals surface area contributed by atoms with E-state index in [-0.39, 0.29) is 12.2 Å². The van der Waals surface area contributed by atoms with E-state index >= 15 is 0 Å². The molecule has 0 fully saturated rings. The Morgan fingerprint density at radius 1 is 1.17 bits per heavy atom. The fraction of sp³-hybridized carbons (Fsp3) is 0.385. The summed E-state index contributed by atoms with van der Waals surface area (Å²) in [4.78, 5) is 23.3. The molecule has 5 heteroatoms. The quantitative estimate of drug-likeness (QED) is 0.454. The van der Waals surface area contributed by atoms with Crippen LogP contribution in [0.1, 0.15) is 22.8 Å². The van der Waals surface area contributed by atoms with E-state index < -0.39 is 11.8 Å². The van der Waals surface area contributed by atoms with Crippen molar-refractivity contribution in [1.82, 2.24) is 0 Å². The number of hydrogen-bond acceptors (Lipinski definition) is 5. The van der Waals surface area contributed by atoms with Gasteiger partial charge in [0.15, 0.2) is 0 Å². The minimum Gasteiger partial charge on any atom is -0.497 e. The van der Waals surface area contributed by atoms with Gasteiger partial charge in [0.2, 0.25) is 0 Å². The topological polar surface area (TPSA) is 61.8 Å². The summed E-state index contributed by atoms with van der Waals surface area (Å²) in [5, 5.41) is 0. The van der Waals surface area contributed by atoms with Crippen LogP contribution in [-0.2, 0) is 9.53 Å². The summed E-state index contributed by atoms with van der Waals surface area (Å²) in [6.45, 7) is 3.50. The summed E-state index contributed by atoms with van der Waals surface area (Å²) in [6.07, 6.45) is 0. The van der Waals surface area contributed by atoms with Crippen LogP contribution in [0.15, 0.2) is 12.1 Å². The average molecular weight is 252 g/mol. The highest BCUT2D eigenvalue weighted by Gasteiger charge is 2.22. The van der Waals surface area contributed by atoms with Crippen molar-refractivity contribution < 1.29 is 23.8 Å². The minimum atomic E-state index is -0.879. The Bertz CT molecular complexity index is 465. The molecule has 0 saturated heterocycles. The van der Waals surface area contributed by atoms with Gasteiger partial charge in [-0.3, -0.25) is 4.79 Å². The molecule has 0 N–H and O–H groups in total. The van der Waals surface area contributed by atoms with Crippen LogP contribution < -0.4 is 9.47 Å². The van der Waals surface area contributed by atoms with Crippen molar-refractivity contribution >= 4 is 11.8 Å². The number of methoxy groups -OCH3 is 2. The van der Waals surface area contributed by atoms with Crippen molar-refractivity contribution in [2.75, 3.05) is 20.8 Å². The highest BCUT2D eigenvalue weighted by Crippen LogP contribution is 2.28. The van der Waals surface area contributed by atoms with Crippen LogP contribution >= 0.6 is 0 Å². The molecule has 5 nitrogen and oxygen atoms in total. The van der Waals surface area contributed by atoms with Crippen LogP contribution in [0.5, 0.6) is 11.5 Å². The third-order valence-corrected chi connectivity index (χ3v) is 2.49. The third-order valence-electron chi connectivity index (χ3n) is 2.49. The summed E-state index contributed by atoms with van der Waals surface area (Å²) in [6, 6.07) is 3.15. The number of Topliss-reactive ketones (excluding diaryl/α,β-unsaturated/α-hetero) is 1. The van der Waals surface area contributed by atoms with Gasteiger partial charge in [0, 0.05) is 17.2 Å². The normalized spacial score (nSPS) is 9.78. The Labute approximate surface area is 106 Å². The van der Waals surface area contributed by atoms with Gasteiger partial charge in [-0.15, -0.1) is 0 Å². The molecule has 1 aromatic carbocycles. The summed E-state index contributed by atoms with van der Waals surface area (Å²) >= 11 is 0. The third kappa shape index (κ3) is 2.80. The lowest BCUT2D eigenvalue weighted by molar-refractivity contribution is -0.137. The van der Waals surface area contributed by atoms with Crippen molar-refractivity contribution in [3.05, 3.63) is 23.3 Å². The van der Waals surface area contributed by atoms with E-state index in [2.05, 4.69) is 4.74 Å². The number of benzene rings is 1. The van der Waals surface area contributed by atoms with Gasteiger partial charge in [0.1, 0.15) is 11.5 Å². The fourth-order valence-electron chi connectivity index (χ4n) is 1.53. The zero-order valence-corrected chi connectivity index (χ0v) is 10.9. The van der Waals surface area contributed by atoms with E-state index in [4.69, 9.17) is 9.47 Å². The van der Waals surface area contributed by atoms with Gasteiger partial charge in [-0.2, -0.15) is 0 Å². The Balaban J connectivity index is 3.22. The molecule has 0 aromatic heterocycles. The number of ketones is 1. The molecule has 0 atom stereocenters. The standard InChI is InChI=1S/C13H16O5/c1-5-18-13(15)12(14)10-6-9(16-3)7-11(17-4)8(10)2/h6-7H,5H2,1-4H3. The molecule has 1 rings (SSSR count). The molecule has 0 aliphatic heterocycles. The predicted molar refractivity (Wildman–Crippen MR) is 65.2 cm³/mol.